The molecule has 0 bridgehead atoms. The second-order valence-corrected chi connectivity index (χ2v) is 3.95. The van der Waals surface area contributed by atoms with Gasteiger partial charge in [0.05, 0.1) is 5.56 Å². The van der Waals surface area contributed by atoms with E-state index in [-0.39, 0.29) is 5.82 Å². The molecule has 0 aliphatic heterocycles. The standard InChI is InChI=1S/C14H16FN3O/c1-3-12-13(16-4-2)17-9-18-14(12)19-11-7-5-6-10(15)8-11/h5-9H,3-4H2,1-2H3,(H,16,17,18). The van der Waals surface area contributed by atoms with E-state index in [1.54, 1.807) is 12.1 Å². The van der Waals surface area contributed by atoms with Gasteiger partial charge in [0.1, 0.15) is 23.7 Å². The van der Waals surface area contributed by atoms with Gasteiger partial charge >= 0.3 is 0 Å². The molecular weight excluding hydrogens is 245 g/mol. The molecule has 1 aromatic heterocycles. The smallest absolute Gasteiger partial charge is 0.227 e. The first kappa shape index (κ1) is 13.3. The van der Waals surface area contributed by atoms with Crippen molar-refractivity contribution in [1.82, 2.24) is 9.97 Å². The second-order valence-electron chi connectivity index (χ2n) is 3.95. The summed E-state index contributed by atoms with van der Waals surface area (Å²) < 4.78 is 18.8. The molecule has 1 N–H and O–H groups in total. The van der Waals surface area contributed by atoms with E-state index in [4.69, 9.17) is 4.74 Å². The molecule has 100 valence electrons. The minimum atomic E-state index is -0.337. The Labute approximate surface area is 111 Å². The van der Waals surface area contributed by atoms with Crippen LogP contribution in [0.5, 0.6) is 11.6 Å². The number of halogens is 1. The molecule has 2 rings (SSSR count). The number of benzene rings is 1. The van der Waals surface area contributed by atoms with Crippen LogP contribution in [0, 0.1) is 5.82 Å². The van der Waals surface area contributed by atoms with Crippen LogP contribution in [0.1, 0.15) is 19.4 Å². The summed E-state index contributed by atoms with van der Waals surface area (Å²) in [6, 6.07) is 5.99. The van der Waals surface area contributed by atoms with E-state index >= 15 is 0 Å². The van der Waals surface area contributed by atoms with E-state index in [0.717, 1.165) is 24.3 Å². The lowest BCUT2D eigenvalue weighted by Gasteiger charge is -2.12. The molecule has 5 heteroatoms. The quantitative estimate of drug-likeness (QED) is 0.896. The molecule has 0 atom stereocenters. The fraction of sp³-hybridized carbons (Fsp3) is 0.286. The molecule has 0 aliphatic rings. The minimum absolute atomic E-state index is 0.337. The number of hydrogen-bond donors (Lipinski definition) is 1. The van der Waals surface area contributed by atoms with E-state index in [9.17, 15) is 4.39 Å². The summed E-state index contributed by atoms with van der Waals surface area (Å²) >= 11 is 0. The van der Waals surface area contributed by atoms with Crippen molar-refractivity contribution in [2.75, 3.05) is 11.9 Å². The van der Waals surface area contributed by atoms with Crippen LogP contribution in [-0.2, 0) is 6.42 Å². The fourth-order valence-corrected chi connectivity index (χ4v) is 1.76. The van der Waals surface area contributed by atoms with Crippen LogP contribution < -0.4 is 10.1 Å². The van der Waals surface area contributed by atoms with Crippen LogP contribution in [0.15, 0.2) is 30.6 Å². The summed E-state index contributed by atoms with van der Waals surface area (Å²) in [5.41, 5.74) is 0.883. The zero-order valence-electron chi connectivity index (χ0n) is 11.0. The maximum atomic E-state index is 13.1. The van der Waals surface area contributed by atoms with Crippen molar-refractivity contribution in [1.29, 1.82) is 0 Å². The van der Waals surface area contributed by atoms with Crippen molar-refractivity contribution in [3.05, 3.63) is 42.0 Å². The average molecular weight is 261 g/mol. The zero-order chi connectivity index (χ0) is 13.7. The number of anilines is 1. The number of aromatic nitrogens is 2. The second kappa shape index (κ2) is 6.13. The number of hydrogen-bond acceptors (Lipinski definition) is 4. The average Bonchev–Trinajstić information content (AvgIpc) is 2.39. The number of nitrogens with zero attached hydrogens (tertiary/aromatic N) is 2. The zero-order valence-corrected chi connectivity index (χ0v) is 11.0. The van der Waals surface area contributed by atoms with Gasteiger partial charge in [0, 0.05) is 12.6 Å². The van der Waals surface area contributed by atoms with E-state index in [2.05, 4.69) is 15.3 Å². The van der Waals surface area contributed by atoms with Crippen molar-refractivity contribution in [2.45, 2.75) is 20.3 Å². The molecule has 0 saturated carbocycles. The summed E-state index contributed by atoms with van der Waals surface area (Å²) in [6.07, 6.45) is 2.17. The van der Waals surface area contributed by atoms with Gasteiger partial charge in [0.2, 0.25) is 5.88 Å². The Kier molecular flexibility index (Phi) is 4.28. The molecular formula is C14H16FN3O. The molecule has 0 aliphatic carbocycles. The van der Waals surface area contributed by atoms with Gasteiger partial charge < -0.3 is 10.1 Å². The highest BCUT2D eigenvalue weighted by atomic mass is 19.1. The normalized spacial score (nSPS) is 10.3. The summed E-state index contributed by atoms with van der Waals surface area (Å²) in [4.78, 5) is 8.30. The SMILES string of the molecule is CCNc1ncnc(Oc2cccc(F)c2)c1CC. The third kappa shape index (κ3) is 3.19. The summed E-state index contributed by atoms with van der Waals surface area (Å²) in [5, 5.41) is 3.16. The Morgan fingerprint density at radius 2 is 2.11 bits per heavy atom. The van der Waals surface area contributed by atoms with E-state index in [1.807, 2.05) is 13.8 Å². The Hall–Kier alpha value is -2.17. The van der Waals surface area contributed by atoms with Gasteiger partial charge in [-0.1, -0.05) is 13.0 Å². The minimum Gasteiger partial charge on any atom is -0.438 e. The number of nitrogens with one attached hydrogen (secondary N) is 1. The number of ether oxygens (including phenoxy) is 1. The van der Waals surface area contributed by atoms with Gasteiger partial charge in [-0.15, -0.1) is 0 Å². The van der Waals surface area contributed by atoms with Gasteiger partial charge in [0.15, 0.2) is 0 Å². The summed E-state index contributed by atoms with van der Waals surface area (Å²) in [5.74, 6) is 1.30. The Balaban J connectivity index is 2.31. The fourth-order valence-electron chi connectivity index (χ4n) is 1.76. The van der Waals surface area contributed by atoms with Crippen LogP contribution in [-0.4, -0.2) is 16.5 Å². The van der Waals surface area contributed by atoms with Crippen LogP contribution >= 0.6 is 0 Å². The molecule has 0 spiro atoms. The van der Waals surface area contributed by atoms with Gasteiger partial charge in [-0.2, -0.15) is 0 Å². The van der Waals surface area contributed by atoms with Crippen LogP contribution in [0.2, 0.25) is 0 Å². The topological polar surface area (TPSA) is 47.0 Å². The first-order valence-electron chi connectivity index (χ1n) is 6.25. The molecule has 0 saturated heterocycles. The molecule has 4 nitrogen and oxygen atoms in total. The van der Waals surface area contributed by atoms with Gasteiger partial charge in [-0.05, 0) is 25.5 Å². The number of rotatable bonds is 5. The predicted molar refractivity (Wildman–Crippen MR) is 72.0 cm³/mol. The van der Waals surface area contributed by atoms with Crippen molar-refractivity contribution in [2.24, 2.45) is 0 Å². The van der Waals surface area contributed by atoms with Crippen molar-refractivity contribution < 1.29 is 9.13 Å². The van der Waals surface area contributed by atoms with E-state index < -0.39 is 0 Å². The van der Waals surface area contributed by atoms with Crippen LogP contribution in [0.25, 0.3) is 0 Å². The molecule has 2 aromatic rings. The van der Waals surface area contributed by atoms with Crippen LogP contribution in [0.4, 0.5) is 10.2 Å². The maximum absolute atomic E-state index is 13.1. The van der Waals surface area contributed by atoms with E-state index in [1.165, 1.54) is 18.5 Å². The Morgan fingerprint density at radius 1 is 1.26 bits per heavy atom. The molecule has 0 fully saturated rings. The monoisotopic (exact) mass is 261 g/mol. The first-order chi connectivity index (χ1) is 9.24. The summed E-state index contributed by atoms with van der Waals surface area (Å²) in [7, 11) is 0. The molecule has 0 amide bonds. The third-order valence-electron chi connectivity index (χ3n) is 2.61. The predicted octanol–water partition coefficient (Wildman–Crippen LogP) is 3.40. The summed E-state index contributed by atoms with van der Waals surface area (Å²) in [6.45, 7) is 4.76. The van der Waals surface area contributed by atoms with Crippen molar-refractivity contribution >= 4 is 5.82 Å². The van der Waals surface area contributed by atoms with Crippen molar-refractivity contribution in [3.63, 3.8) is 0 Å². The lowest BCUT2D eigenvalue weighted by atomic mass is 10.2. The van der Waals surface area contributed by atoms with Gasteiger partial charge in [0.25, 0.3) is 0 Å². The van der Waals surface area contributed by atoms with E-state index in [0.29, 0.717) is 11.6 Å². The van der Waals surface area contributed by atoms with Crippen molar-refractivity contribution in [3.8, 4) is 11.6 Å². The molecule has 1 heterocycles. The highest BCUT2D eigenvalue weighted by Gasteiger charge is 2.11. The maximum Gasteiger partial charge on any atom is 0.227 e. The molecule has 19 heavy (non-hydrogen) atoms. The highest BCUT2D eigenvalue weighted by Crippen LogP contribution is 2.27. The molecule has 0 unspecified atom stereocenters. The van der Waals surface area contributed by atoms with Gasteiger partial charge in [-0.25, -0.2) is 14.4 Å². The third-order valence-corrected chi connectivity index (χ3v) is 2.61. The Morgan fingerprint density at radius 3 is 2.79 bits per heavy atom. The lowest BCUT2D eigenvalue weighted by molar-refractivity contribution is 0.451. The highest BCUT2D eigenvalue weighted by molar-refractivity contribution is 5.49. The van der Waals surface area contributed by atoms with Gasteiger partial charge in [-0.3, -0.25) is 0 Å². The molecule has 0 radical (unpaired) electrons. The van der Waals surface area contributed by atoms with Crippen LogP contribution in [0.3, 0.4) is 0 Å². The largest absolute Gasteiger partial charge is 0.438 e. The Bertz CT molecular complexity index is 560. The lowest BCUT2D eigenvalue weighted by Crippen LogP contribution is -2.05. The first-order valence-corrected chi connectivity index (χ1v) is 6.25. The molecule has 1 aromatic carbocycles.